The second-order valence-corrected chi connectivity index (χ2v) is 9.16. The van der Waals surface area contributed by atoms with Gasteiger partial charge in [-0.1, -0.05) is 53.7 Å². The molecule has 0 spiro atoms. The molecule has 30 heavy (non-hydrogen) atoms. The zero-order valence-corrected chi connectivity index (χ0v) is 19.3. The van der Waals surface area contributed by atoms with Crippen LogP contribution in [0.1, 0.15) is 31.1 Å². The van der Waals surface area contributed by atoms with E-state index in [2.05, 4.69) is 26.2 Å². The van der Waals surface area contributed by atoms with Gasteiger partial charge in [-0.2, -0.15) is 0 Å². The molecule has 0 fully saturated rings. The molecule has 0 atom stereocenters. The number of anilines is 1. The Morgan fingerprint density at radius 2 is 1.93 bits per heavy atom. The predicted molar refractivity (Wildman–Crippen MR) is 124 cm³/mol. The molecule has 3 rings (SSSR count). The van der Waals surface area contributed by atoms with E-state index in [9.17, 15) is 14.4 Å². The molecule has 0 bridgehead atoms. The lowest BCUT2D eigenvalue weighted by Gasteiger charge is -2.15. The molecule has 3 aromatic rings. The lowest BCUT2D eigenvalue weighted by molar-refractivity contribution is -0.113. The van der Waals surface area contributed by atoms with Crippen LogP contribution < -0.4 is 10.9 Å². The van der Waals surface area contributed by atoms with Crippen LogP contribution >= 0.6 is 27.7 Å². The highest BCUT2D eigenvalue weighted by molar-refractivity contribution is 9.10. The van der Waals surface area contributed by atoms with Crippen molar-refractivity contribution in [2.75, 3.05) is 11.1 Å². The molecule has 0 unspecified atom stereocenters. The first-order chi connectivity index (χ1) is 14.3. The van der Waals surface area contributed by atoms with Gasteiger partial charge >= 0.3 is 0 Å². The number of hydrogen-bond acceptors (Lipinski definition) is 5. The Kier molecular flexibility index (Phi) is 7.10. The summed E-state index contributed by atoms with van der Waals surface area (Å²) < 4.78 is 2.44. The van der Waals surface area contributed by atoms with Crippen LogP contribution in [0.2, 0.25) is 0 Å². The van der Waals surface area contributed by atoms with Gasteiger partial charge in [-0.05, 0) is 43.2 Å². The summed E-state index contributed by atoms with van der Waals surface area (Å²) >= 11 is 4.61. The zero-order chi connectivity index (χ0) is 21.8. The van der Waals surface area contributed by atoms with E-state index in [1.54, 1.807) is 41.0 Å². The smallest absolute Gasteiger partial charge is 0.262 e. The third kappa shape index (κ3) is 5.17. The summed E-state index contributed by atoms with van der Waals surface area (Å²) in [5.74, 6) is -0.0786. The Balaban J connectivity index is 1.86. The average molecular weight is 488 g/mol. The fourth-order valence-corrected chi connectivity index (χ4v) is 4.19. The molecule has 1 heterocycles. The molecule has 6 nitrogen and oxygen atoms in total. The number of aromatic nitrogens is 2. The van der Waals surface area contributed by atoms with Gasteiger partial charge in [0.1, 0.15) is 0 Å². The topological polar surface area (TPSA) is 81.1 Å². The van der Waals surface area contributed by atoms with Gasteiger partial charge in [0.25, 0.3) is 5.56 Å². The van der Waals surface area contributed by atoms with Crippen molar-refractivity contribution in [1.29, 1.82) is 0 Å². The molecular weight excluding hydrogens is 466 g/mol. The molecule has 0 saturated heterocycles. The fraction of sp³-hybridized carbons (Fsp3) is 0.273. The van der Waals surface area contributed by atoms with E-state index in [1.165, 1.54) is 18.7 Å². The first kappa shape index (κ1) is 22.2. The minimum absolute atomic E-state index is 0.0683. The number of benzene rings is 2. The molecule has 1 N–H and O–H groups in total. The van der Waals surface area contributed by atoms with Crippen LogP contribution in [-0.4, -0.2) is 27.0 Å². The molecular formula is C22H22BrN3O3S. The van der Waals surface area contributed by atoms with Crippen LogP contribution in [0.3, 0.4) is 0 Å². The Morgan fingerprint density at radius 3 is 2.63 bits per heavy atom. The van der Waals surface area contributed by atoms with E-state index in [4.69, 9.17) is 0 Å². The van der Waals surface area contributed by atoms with Crippen molar-refractivity contribution in [3.05, 3.63) is 62.9 Å². The standard InChI is InChI=1S/C22H22BrN3O3S/c1-13(2)11-26-21(29)17-10-15(23)8-9-19(17)25-22(26)30-12-20(28)24-18-7-5-4-6-16(18)14(3)27/h4-10,13H,11-12H2,1-3H3,(H,24,28). The largest absolute Gasteiger partial charge is 0.325 e. The van der Waals surface area contributed by atoms with E-state index >= 15 is 0 Å². The van der Waals surface area contributed by atoms with Crippen molar-refractivity contribution in [3.8, 4) is 0 Å². The Bertz CT molecular complexity index is 1170. The van der Waals surface area contributed by atoms with Crippen LogP contribution in [-0.2, 0) is 11.3 Å². The van der Waals surface area contributed by atoms with Crippen molar-refractivity contribution in [2.45, 2.75) is 32.5 Å². The van der Waals surface area contributed by atoms with Crippen molar-refractivity contribution < 1.29 is 9.59 Å². The lowest BCUT2D eigenvalue weighted by atomic mass is 10.1. The van der Waals surface area contributed by atoms with Gasteiger partial charge < -0.3 is 5.32 Å². The van der Waals surface area contributed by atoms with Crippen LogP contribution in [0.25, 0.3) is 10.9 Å². The number of ketones is 1. The highest BCUT2D eigenvalue weighted by Crippen LogP contribution is 2.22. The maximum absolute atomic E-state index is 13.0. The molecule has 0 saturated carbocycles. The van der Waals surface area contributed by atoms with Gasteiger partial charge in [-0.25, -0.2) is 4.98 Å². The average Bonchev–Trinajstić information content (AvgIpc) is 2.69. The molecule has 1 amide bonds. The first-order valence-corrected chi connectivity index (χ1v) is 11.3. The second kappa shape index (κ2) is 9.57. The number of carbonyl (C=O) groups is 2. The van der Waals surface area contributed by atoms with E-state index in [0.29, 0.717) is 33.9 Å². The van der Waals surface area contributed by atoms with Gasteiger partial charge in [-0.3, -0.25) is 19.0 Å². The fourth-order valence-electron chi connectivity index (χ4n) is 3.02. The second-order valence-electron chi connectivity index (χ2n) is 7.30. The Morgan fingerprint density at radius 1 is 1.20 bits per heavy atom. The first-order valence-electron chi connectivity index (χ1n) is 9.49. The number of rotatable bonds is 7. The lowest BCUT2D eigenvalue weighted by Crippen LogP contribution is -2.26. The van der Waals surface area contributed by atoms with Crippen molar-refractivity contribution in [2.24, 2.45) is 5.92 Å². The summed E-state index contributed by atoms with van der Waals surface area (Å²) in [5.41, 5.74) is 1.40. The van der Waals surface area contributed by atoms with Crippen molar-refractivity contribution in [3.63, 3.8) is 0 Å². The number of thioether (sulfide) groups is 1. The Hall–Kier alpha value is -2.45. The van der Waals surface area contributed by atoms with Gasteiger partial charge in [0.05, 0.1) is 22.3 Å². The Labute approximate surface area is 187 Å². The van der Waals surface area contributed by atoms with E-state index < -0.39 is 0 Å². The summed E-state index contributed by atoms with van der Waals surface area (Å²) in [5, 5.41) is 3.81. The number of carbonyl (C=O) groups excluding carboxylic acids is 2. The number of fused-ring (bicyclic) bond motifs is 1. The zero-order valence-electron chi connectivity index (χ0n) is 16.9. The van der Waals surface area contributed by atoms with E-state index in [1.807, 2.05) is 19.9 Å². The minimum atomic E-state index is -0.269. The quantitative estimate of drug-likeness (QED) is 0.295. The number of hydrogen-bond donors (Lipinski definition) is 1. The van der Waals surface area contributed by atoms with E-state index in [0.717, 1.165) is 4.47 Å². The van der Waals surface area contributed by atoms with Crippen LogP contribution in [0.5, 0.6) is 0 Å². The third-order valence-corrected chi connectivity index (χ3v) is 5.81. The molecule has 8 heteroatoms. The summed E-state index contributed by atoms with van der Waals surface area (Å²) in [6, 6.07) is 12.3. The highest BCUT2D eigenvalue weighted by atomic mass is 79.9. The van der Waals surface area contributed by atoms with Crippen molar-refractivity contribution in [1.82, 2.24) is 9.55 Å². The summed E-state index contributed by atoms with van der Waals surface area (Å²) in [7, 11) is 0. The van der Waals surface area contributed by atoms with Gasteiger partial charge in [0.2, 0.25) is 5.91 Å². The summed E-state index contributed by atoms with van der Waals surface area (Å²) in [6.45, 7) is 6.02. The molecule has 2 aromatic carbocycles. The number of nitrogens with zero attached hydrogens (tertiary/aromatic N) is 2. The molecule has 156 valence electrons. The number of halogens is 1. The van der Waals surface area contributed by atoms with Crippen molar-refractivity contribution >= 4 is 56.0 Å². The minimum Gasteiger partial charge on any atom is -0.325 e. The number of nitrogens with one attached hydrogen (secondary N) is 1. The van der Waals surface area contributed by atoms with Crippen LogP contribution in [0, 0.1) is 5.92 Å². The van der Waals surface area contributed by atoms with Gasteiger partial charge in [0.15, 0.2) is 10.9 Å². The highest BCUT2D eigenvalue weighted by Gasteiger charge is 2.16. The predicted octanol–water partition coefficient (Wildman–Crippen LogP) is 4.75. The monoisotopic (exact) mass is 487 g/mol. The number of para-hydroxylation sites is 1. The van der Waals surface area contributed by atoms with E-state index in [-0.39, 0.29) is 28.9 Å². The summed E-state index contributed by atoms with van der Waals surface area (Å²) in [6.07, 6.45) is 0. The maximum atomic E-state index is 13.0. The van der Waals surface area contributed by atoms with Crippen LogP contribution in [0.15, 0.2) is 56.9 Å². The molecule has 1 aromatic heterocycles. The molecule has 0 aliphatic heterocycles. The van der Waals surface area contributed by atoms with Gasteiger partial charge in [0, 0.05) is 16.6 Å². The molecule has 0 radical (unpaired) electrons. The SMILES string of the molecule is CC(=O)c1ccccc1NC(=O)CSc1nc2ccc(Br)cc2c(=O)n1CC(C)C. The maximum Gasteiger partial charge on any atom is 0.262 e. The third-order valence-electron chi connectivity index (χ3n) is 4.34. The normalized spacial score (nSPS) is 11.1. The molecule has 0 aliphatic carbocycles. The van der Waals surface area contributed by atoms with Gasteiger partial charge in [-0.15, -0.1) is 0 Å². The summed E-state index contributed by atoms with van der Waals surface area (Å²) in [4.78, 5) is 41.9. The van der Waals surface area contributed by atoms with Crippen LogP contribution in [0.4, 0.5) is 5.69 Å². The molecule has 0 aliphatic rings. The number of amides is 1. The number of Topliss-reactive ketones (excluding diaryl/α,β-unsaturated/α-hetero) is 1.